The van der Waals surface area contributed by atoms with E-state index in [2.05, 4.69) is 22.0 Å². The first kappa shape index (κ1) is 14.7. The zero-order valence-corrected chi connectivity index (χ0v) is 12.7. The van der Waals surface area contributed by atoms with E-state index < -0.39 is 0 Å². The van der Waals surface area contributed by atoms with E-state index in [-0.39, 0.29) is 11.8 Å². The number of aromatic nitrogens is 3. The summed E-state index contributed by atoms with van der Waals surface area (Å²) in [6, 6.07) is 5.74. The molecule has 0 aliphatic carbocycles. The lowest BCUT2D eigenvalue weighted by Crippen LogP contribution is -2.38. The van der Waals surface area contributed by atoms with Crippen molar-refractivity contribution in [1.29, 1.82) is 0 Å². The highest BCUT2D eigenvalue weighted by molar-refractivity contribution is 5.77. The number of carbonyl (C=O) groups is 1. The molecule has 0 aromatic carbocycles. The molecule has 2 aromatic rings. The largest absolute Gasteiger partial charge is 0.339 e. The van der Waals surface area contributed by atoms with Crippen molar-refractivity contribution in [2.75, 3.05) is 6.54 Å². The number of amides is 1. The van der Waals surface area contributed by atoms with Gasteiger partial charge < -0.3 is 9.42 Å². The minimum atomic E-state index is 0.125. The number of hydrogen-bond donors (Lipinski definition) is 0. The van der Waals surface area contributed by atoms with Crippen LogP contribution in [0.5, 0.6) is 0 Å². The van der Waals surface area contributed by atoms with Crippen molar-refractivity contribution in [1.82, 2.24) is 20.0 Å². The van der Waals surface area contributed by atoms with E-state index >= 15 is 0 Å². The fourth-order valence-corrected chi connectivity index (χ4v) is 2.71. The predicted octanol–water partition coefficient (Wildman–Crippen LogP) is 2.32. The Balaban J connectivity index is 1.68. The van der Waals surface area contributed by atoms with Crippen molar-refractivity contribution >= 4 is 5.91 Å². The van der Waals surface area contributed by atoms with Gasteiger partial charge in [0, 0.05) is 25.6 Å². The summed E-state index contributed by atoms with van der Waals surface area (Å²) in [7, 11) is 0. The third kappa shape index (κ3) is 3.32. The summed E-state index contributed by atoms with van der Waals surface area (Å²) in [5.41, 5.74) is 0.897. The molecule has 116 valence electrons. The van der Waals surface area contributed by atoms with Crippen LogP contribution in [0, 0.1) is 0 Å². The van der Waals surface area contributed by atoms with Crippen molar-refractivity contribution in [3.05, 3.63) is 41.8 Å². The molecule has 1 aliphatic rings. The summed E-state index contributed by atoms with van der Waals surface area (Å²) in [5, 5.41) is 4.01. The van der Waals surface area contributed by atoms with E-state index in [1.807, 2.05) is 23.1 Å². The van der Waals surface area contributed by atoms with Crippen molar-refractivity contribution in [3.8, 4) is 0 Å². The topological polar surface area (TPSA) is 72.1 Å². The Labute approximate surface area is 129 Å². The Morgan fingerprint density at radius 1 is 1.41 bits per heavy atom. The second kappa shape index (κ2) is 6.68. The quantitative estimate of drug-likeness (QED) is 0.847. The van der Waals surface area contributed by atoms with Gasteiger partial charge in [0.05, 0.1) is 18.2 Å². The molecule has 1 aliphatic heterocycles. The highest BCUT2D eigenvalue weighted by Gasteiger charge is 2.30. The Kier molecular flexibility index (Phi) is 4.46. The summed E-state index contributed by atoms with van der Waals surface area (Å²) in [6.45, 7) is 3.24. The molecule has 6 nitrogen and oxygen atoms in total. The lowest BCUT2D eigenvalue weighted by molar-refractivity contribution is -0.134. The Morgan fingerprint density at radius 3 is 3.09 bits per heavy atom. The van der Waals surface area contributed by atoms with Crippen LogP contribution in [-0.2, 0) is 17.8 Å². The molecule has 3 heterocycles. The maximum atomic E-state index is 12.1. The van der Waals surface area contributed by atoms with Crippen LogP contribution in [0.4, 0.5) is 0 Å². The molecule has 6 heteroatoms. The number of aryl methyl sites for hydroxylation is 1. The van der Waals surface area contributed by atoms with Gasteiger partial charge in [-0.1, -0.05) is 18.1 Å². The van der Waals surface area contributed by atoms with Gasteiger partial charge in [0.1, 0.15) is 0 Å². The third-order valence-electron chi connectivity index (χ3n) is 3.89. The van der Waals surface area contributed by atoms with Gasteiger partial charge in [0.25, 0.3) is 0 Å². The van der Waals surface area contributed by atoms with Crippen LogP contribution in [0.1, 0.15) is 49.5 Å². The average Bonchev–Trinajstić information content (AvgIpc) is 3.00. The average molecular weight is 300 g/mol. The lowest BCUT2D eigenvalue weighted by atomic mass is 9.97. The van der Waals surface area contributed by atoms with E-state index in [0.29, 0.717) is 25.4 Å². The minimum absolute atomic E-state index is 0.125. The molecule has 0 bridgehead atoms. The van der Waals surface area contributed by atoms with Gasteiger partial charge in [-0.25, -0.2) is 0 Å². The first-order valence-electron chi connectivity index (χ1n) is 7.76. The first-order valence-corrected chi connectivity index (χ1v) is 7.76. The molecule has 22 heavy (non-hydrogen) atoms. The highest BCUT2D eigenvalue weighted by atomic mass is 16.5. The molecule has 1 amide bonds. The van der Waals surface area contributed by atoms with Gasteiger partial charge in [0.15, 0.2) is 5.82 Å². The molecule has 1 atom stereocenters. The highest BCUT2D eigenvalue weighted by Crippen LogP contribution is 2.27. The summed E-state index contributed by atoms with van der Waals surface area (Å²) in [6.07, 6.45) is 4.85. The van der Waals surface area contributed by atoms with E-state index in [4.69, 9.17) is 4.52 Å². The van der Waals surface area contributed by atoms with Gasteiger partial charge in [-0.15, -0.1) is 0 Å². The maximum Gasteiger partial charge on any atom is 0.231 e. The summed E-state index contributed by atoms with van der Waals surface area (Å²) >= 11 is 0. The second-order valence-electron chi connectivity index (χ2n) is 5.63. The van der Waals surface area contributed by atoms with Crippen LogP contribution >= 0.6 is 0 Å². The van der Waals surface area contributed by atoms with Crippen molar-refractivity contribution in [2.45, 2.75) is 45.1 Å². The third-order valence-corrected chi connectivity index (χ3v) is 3.89. The summed E-state index contributed by atoms with van der Waals surface area (Å²) < 4.78 is 5.38. The van der Waals surface area contributed by atoms with Gasteiger partial charge in [-0.3, -0.25) is 9.78 Å². The maximum absolute atomic E-state index is 12.1. The fourth-order valence-electron chi connectivity index (χ4n) is 2.71. The van der Waals surface area contributed by atoms with Crippen LogP contribution in [0.25, 0.3) is 0 Å². The number of rotatable bonds is 5. The van der Waals surface area contributed by atoms with Crippen LogP contribution in [0.2, 0.25) is 0 Å². The van der Waals surface area contributed by atoms with Gasteiger partial charge >= 0.3 is 0 Å². The lowest BCUT2D eigenvalue weighted by Gasteiger charge is -2.30. The zero-order chi connectivity index (χ0) is 15.4. The van der Waals surface area contributed by atoms with Gasteiger partial charge in [-0.05, 0) is 25.0 Å². The van der Waals surface area contributed by atoms with E-state index in [9.17, 15) is 4.79 Å². The molecular formula is C16H20N4O2. The minimum Gasteiger partial charge on any atom is -0.339 e. The van der Waals surface area contributed by atoms with E-state index in [1.165, 1.54) is 0 Å². The Morgan fingerprint density at radius 2 is 2.32 bits per heavy atom. The molecule has 0 unspecified atom stereocenters. The monoisotopic (exact) mass is 300 g/mol. The van der Waals surface area contributed by atoms with Crippen molar-refractivity contribution in [3.63, 3.8) is 0 Å². The first-order chi connectivity index (χ1) is 10.8. The standard InChI is InChI=1S/C16H20N4O2/c1-2-5-14-18-16(22-19-14)12-7-8-15(21)20(10-12)11-13-6-3-4-9-17-13/h3-4,6,9,12H,2,5,7-8,10-11H2,1H3/t12-/m0/s1. The number of hydrogen-bond acceptors (Lipinski definition) is 5. The Hall–Kier alpha value is -2.24. The molecule has 0 saturated carbocycles. The molecule has 1 fully saturated rings. The smallest absolute Gasteiger partial charge is 0.231 e. The van der Waals surface area contributed by atoms with Crippen molar-refractivity contribution in [2.24, 2.45) is 0 Å². The number of pyridine rings is 1. The molecule has 3 rings (SSSR count). The number of nitrogens with zero attached hydrogens (tertiary/aromatic N) is 4. The second-order valence-corrected chi connectivity index (χ2v) is 5.63. The van der Waals surface area contributed by atoms with Crippen LogP contribution < -0.4 is 0 Å². The SMILES string of the molecule is CCCc1noc([C@H]2CCC(=O)N(Cc3ccccn3)C2)n1. The van der Waals surface area contributed by atoms with Crippen LogP contribution in [0.15, 0.2) is 28.9 Å². The molecule has 1 saturated heterocycles. The molecule has 0 radical (unpaired) electrons. The zero-order valence-electron chi connectivity index (χ0n) is 12.7. The number of carbonyl (C=O) groups excluding carboxylic acids is 1. The molecule has 0 N–H and O–H groups in total. The van der Waals surface area contributed by atoms with Gasteiger partial charge in [0.2, 0.25) is 11.8 Å². The molecule has 0 spiro atoms. The van der Waals surface area contributed by atoms with Crippen LogP contribution in [0.3, 0.4) is 0 Å². The van der Waals surface area contributed by atoms with Gasteiger partial charge in [-0.2, -0.15) is 4.98 Å². The van der Waals surface area contributed by atoms with Crippen molar-refractivity contribution < 1.29 is 9.32 Å². The normalized spacial score (nSPS) is 18.7. The Bertz CT molecular complexity index is 626. The fraction of sp³-hybridized carbons (Fsp3) is 0.500. The summed E-state index contributed by atoms with van der Waals surface area (Å²) in [4.78, 5) is 22.7. The number of likely N-dealkylation sites (tertiary alicyclic amines) is 1. The predicted molar refractivity (Wildman–Crippen MR) is 79.9 cm³/mol. The molecular weight excluding hydrogens is 280 g/mol. The van der Waals surface area contributed by atoms with E-state index in [0.717, 1.165) is 30.8 Å². The van der Waals surface area contributed by atoms with E-state index in [1.54, 1.807) is 6.20 Å². The molecule has 2 aromatic heterocycles. The van der Waals surface area contributed by atoms with Crippen LogP contribution in [-0.4, -0.2) is 32.5 Å². The summed E-state index contributed by atoms with van der Waals surface area (Å²) in [5.74, 6) is 1.70. The number of piperidine rings is 1.